The van der Waals surface area contributed by atoms with Crippen LogP contribution in [0.2, 0.25) is 0 Å². The zero-order chi connectivity index (χ0) is 22.8. The highest BCUT2D eigenvalue weighted by Gasteiger charge is 2.30. The molecule has 3 aromatic rings. The molecule has 0 radical (unpaired) electrons. The Morgan fingerprint density at radius 2 is 1.88 bits per heavy atom. The summed E-state index contributed by atoms with van der Waals surface area (Å²) >= 11 is 0. The van der Waals surface area contributed by atoms with Gasteiger partial charge >= 0.3 is 0 Å². The van der Waals surface area contributed by atoms with Crippen LogP contribution in [0.4, 0.5) is 10.3 Å². The average molecular weight is 437 g/mol. The molecule has 1 N–H and O–H groups in total. The lowest BCUT2D eigenvalue weighted by molar-refractivity contribution is -0.446. The Morgan fingerprint density at radius 3 is 2.47 bits per heavy atom. The highest BCUT2D eigenvalue weighted by atomic mass is 19.1. The first-order valence-corrected chi connectivity index (χ1v) is 9.85. The summed E-state index contributed by atoms with van der Waals surface area (Å²) in [5, 5.41) is 10.2. The van der Waals surface area contributed by atoms with Crippen LogP contribution in [0.5, 0.6) is 0 Å². The van der Waals surface area contributed by atoms with Gasteiger partial charge in [-0.3, -0.25) is 9.97 Å². The van der Waals surface area contributed by atoms with Crippen LogP contribution >= 0.6 is 0 Å². The van der Waals surface area contributed by atoms with Crippen molar-refractivity contribution in [3.8, 4) is 22.5 Å². The molecule has 32 heavy (non-hydrogen) atoms. The van der Waals surface area contributed by atoms with Crippen molar-refractivity contribution in [3.05, 3.63) is 70.7 Å². The lowest BCUT2D eigenvalue weighted by atomic mass is 10.1. The maximum absolute atomic E-state index is 15.5. The lowest BCUT2D eigenvalue weighted by Gasteiger charge is -2.24. The van der Waals surface area contributed by atoms with E-state index in [-0.39, 0.29) is 41.1 Å². The van der Waals surface area contributed by atoms with Crippen LogP contribution in [-0.4, -0.2) is 42.1 Å². The van der Waals surface area contributed by atoms with E-state index in [0.717, 1.165) is 11.1 Å². The zero-order valence-corrected chi connectivity index (χ0v) is 17.6. The van der Waals surface area contributed by atoms with Crippen LogP contribution in [0.3, 0.4) is 0 Å². The van der Waals surface area contributed by atoms with Gasteiger partial charge in [0, 0.05) is 36.4 Å². The number of nitrogens with zero attached hydrogens (tertiary/aromatic N) is 6. The van der Waals surface area contributed by atoms with Crippen LogP contribution in [-0.2, 0) is 4.74 Å². The topological polar surface area (TPSA) is 119 Å². The van der Waals surface area contributed by atoms with Gasteiger partial charge in [0.1, 0.15) is 11.4 Å². The van der Waals surface area contributed by atoms with E-state index in [2.05, 4.69) is 19.9 Å². The number of ether oxygens (including phenoxy) is 1. The fourth-order valence-electron chi connectivity index (χ4n) is 3.36. The van der Waals surface area contributed by atoms with Gasteiger partial charge in [0.25, 0.3) is 5.95 Å². The number of hydrazine groups is 1. The van der Waals surface area contributed by atoms with E-state index >= 15 is 4.39 Å². The number of halogens is 1. The van der Waals surface area contributed by atoms with Gasteiger partial charge in [-0.15, -0.1) is 0 Å². The number of hydrogen-bond donors (Lipinski definition) is 1. The summed E-state index contributed by atoms with van der Waals surface area (Å²) < 4.78 is 21.3. The second-order valence-corrected chi connectivity index (χ2v) is 7.35. The molecule has 0 fully saturated rings. The molecule has 1 atom stereocenters. The molecule has 1 aliphatic rings. The average Bonchev–Trinajstić information content (AvgIpc) is 3.17. The molecule has 0 saturated carbocycles. The van der Waals surface area contributed by atoms with Crippen LogP contribution in [0, 0.1) is 15.9 Å². The second kappa shape index (κ2) is 8.53. The summed E-state index contributed by atoms with van der Waals surface area (Å²) in [6.45, 7) is 5.75. The number of rotatable bonds is 6. The SMILES string of the molecule is CC(C)N1C=C(c2nc(N[N+](=O)[O-])nc(-c3ccc(-c4ccncc4)cn3)c2F)OC1C. The first kappa shape index (κ1) is 21.1. The van der Waals surface area contributed by atoms with Crippen LogP contribution in [0.15, 0.2) is 49.1 Å². The van der Waals surface area contributed by atoms with Gasteiger partial charge in [-0.2, -0.15) is 0 Å². The van der Waals surface area contributed by atoms with E-state index in [1.807, 2.05) is 43.2 Å². The summed E-state index contributed by atoms with van der Waals surface area (Å²) in [5.74, 6) is -0.999. The Hall–Kier alpha value is -4.15. The smallest absolute Gasteiger partial charge is 0.286 e. The Bertz CT molecular complexity index is 1170. The Balaban J connectivity index is 1.78. The third-order valence-corrected chi connectivity index (χ3v) is 4.88. The third-order valence-electron chi connectivity index (χ3n) is 4.88. The molecule has 0 aromatic carbocycles. The van der Waals surface area contributed by atoms with Crippen LogP contribution in [0.25, 0.3) is 28.3 Å². The highest BCUT2D eigenvalue weighted by molar-refractivity contribution is 5.69. The van der Waals surface area contributed by atoms with Crippen molar-refractivity contribution in [1.82, 2.24) is 24.8 Å². The molecule has 1 aliphatic heterocycles. The van der Waals surface area contributed by atoms with Gasteiger partial charge in [0.2, 0.25) is 0 Å². The van der Waals surface area contributed by atoms with Crippen molar-refractivity contribution >= 4 is 11.7 Å². The minimum atomic E-state index is -0.812. The third kappa shape index (κ3) is 4.17. The lowest BCUT2D eigenvalue weighted by Crippen LogP contribution is -2.31. The molecular formula is C21H20FN7O3. The monoisotopic (exact) mass is 437 g/mol. The van der Waals surface area contributed by atoms with Crippen molar-refractivity contribution in [2.45, 2.75) is 33.0 Å². The zero-order valence-electron chi connectivity index (χ0n) is 17.6. The molecule has 4 heterocycles. The molecule has 164 valence electrons. The molecule has 4 rings (SSSR count). The highest BCUT2D eigenvalue weighted by Crippen LogP contribution is 2.32. The van der Waals surface area contributed by atoms with Crippen molar-refractivity contribution < 1.29 is 14.2 Å². The molecule has 10 nitrogen and oxygen atoms in total. The van der Waals surface area contributed by atoms with Crippen LogP contribution in [0.1, 0.15) is 26.5 Å². The summed E-state index contributed by atoms with van der Waals surface area (Å²) in [6.07, 6.45) is 6.19. The standard InChI is InChI=1S/C21H20FN7O3/c1-12(2)28-11-17(32-13(28)3)20-18(22)19(25-21(26-20)27-29(30)31)16-5-4-15(10-24-16)14-6-8-23-9-7-14/h4-13H,1-3H3,(H,25,26,27). The number of hydrogen-bond acceptors (Lipinski definition) is 8. The maximum atomic E-state index is 15.5. The summed E-state index contributed by atoms with van der Waals surface area (Å²) in [4.78, 5) is 29.1. The molecule has 0 saturated heterocycles. The first-order valence-electron chi connectivity index (χ1n) is 9.85. The summed E-state index contributed by atoms with van der Waals surface area (Å²) in [5.41, 5.74) is 3.42. The van der Waals surface area contributed by atoms with Crippen LogP contribution < -0.4 is 5.43 Å². The number of nitro groups is 1. The predicted octanol–water partition coefficient (Wildman–Crippen LogP) is 3.73. The molecule has 1 unspecified atom stereocenters. The van der Waals surface area contributed by atoms with Gasteiger partial charge in [-0.25, -0.2) is 24.5 Å². The molecule has 0 spiro atoms. The second-order valence-electron chi connectivity index (χ2n) is 7.35. The number of pyridine rings is 2. The Kier molecular flexibility index (Phi) is 5.63. The van der Waals surface area contributed by atoms with E-state index in [9.17, 15) is 10.1 Å². The largest absolute Gasteiger partial charge is 0.467 e. The fourth-order valence-corrected chi connectivity index (χ4v) is 3.36. The van der Waals surface area contributed by atoms with Gasteiger partial charge in [-0.05, 0) is 44.5 Å². The summed E-state index contributed by atoms with van der Waals surface area (Å²) in [7, 11) is 0. The van der Waals surface area contributed by atoms with Gasteiger partial charge in [0.05, 0.1) is 5.69 Å². The van der Waals surface area contributed by atoms with E-state index < -0.39 is 10.8 Å². The quantitative estimate of drug-likeness (QED) is 0.454. The molecule has 0 amide bonds. The minimum absolute atomic E-state index is 0.102. The fraction of sp³-hybridized carbons (Fsp3) is 0.238. The maximum Gasteiger partial charge on any atom is 0.286 e. The molecular weight excluding hydrogens is 417 g/mol. The molecule has 0 aliphatic carbocycles. The van der Waals surface area contributed by atoms with Crippen molar-refractivity contribution in [2.24, 2.45) is 0 Å². The normalized spacial score (nSPS) is 15.5. The minimum Gasteiger partial charge on any atom is -0.467 e. The first-order chi connectivity index (χ1) is 15.3. The van der Waals surface area contributed by atoms with E-state index in [1.54, 1.807) is 36.9 Å². The van der Waals surface area contributed by atoms with Crippen molar-refractivity contribution in [2.75, 3.05) is 5.43 Å². The van der Waals surface area contributed by atoms with Gasteiger partial charge in [-0.1, -0.05) is 11.5 Å². The number of anilines is 1. The summed E-state index contributed by atoms with van der Waals surface area (Å²) in [6, 6.07) is 7.10. The van der Waals surface area contributed by atoms with Crippen molar-refractivity contribution in [3.63, 3.8) is 0 Å². The van der Waals surface area contributed by atoms with E-state index in [4.69, 9.17) is 4.74 Å². The van der Waals surface area contributed by atoms with Gasteiger partial charge < -0.3 is 9.64 Å². The van der Waals surface area contributed by atoms with Crippen molar-refractivity contribution in [1.29, 1.82) is 0 Å². The Labute approximate surface area is 182 Å². The molecule has 0 bridgehead atoms. The molecule has 11 heteroatoms. The van der Waals surface area contributed by atoms with E-state index in [1.165, 1.54) is 0 Å². The van der Waals surface area contributed by atoms with E-state index in [0.29, 0.717) is 0 Å². The molecule has 3 aromatic heterocycles. The predicted molar refractivity (Wildman–Crippen MR) is 115 cm³/mol. The number of aromatic nitrogens is 4. The number of nitrogens with one attached hydrogen (secondary N) is 1. The Morgan fingerprint density at radius 1 is 1.16 bits per heavy atom. The van der Waals surface area contributed by atoms with Gasteiger partial charge in [0.15, 0.2) is 22.8 Å².